The van der Waals surface area contributed by atoms with Crippen molar-refractivity contribution in [1.82, 2.24) is 9.80 Å². The number of rotatable bonds is 5. The summed E-state index contributed by atoms with van der Waals surface area (Å²) in [5.74, 6) is 0.823. The summed E-state index contributed by atoms with van der Waals surface area (Å²) in [4.78, 5) is 4.83. The first-order valence-electron chi connectivity index (χ1n) is 7.83. The van der Waals surface area contributed by atoms with Crippen molar-refractivity contribution in [3.8, 4) is 5.75 Å². The van der Waals surface area contributed by atoms with E-state index in [1.165, 1.54) is 0 Å². The lowest BCUT2D eigenvalue weighted by Crippen LogP contribution is -2.54. The summed E-state index contributed by atoms with van der Waals surface area (Å²) in [5.41, 5.74) is 0.954. The molecule has 3 atom stereocenters. The topological polar surface area (TPSA) is 35.9 Å². The van der Waals surface area contributed by atoms with Crippen LogP contribution in [0.5, 0.6) is 5.75 Å². The van der Waals surface area contributed by atoms with Crippen LogP contribution in [0.25, 0.3) is 0 Å². The fraction of sp³-hybridized carbons (Fsp3) is 0.647. The number of likely N-dealkylation sites (N-methyl/N-ethyl adjacent to an activating group) is 1. The molecule has 1 aliphatic heterocycles. The number of benzene rings is 1. The van der Waals surface area contributed by atoms with Crippen molar-refractivity contribution in [2.24, 2.45) is 0 Å². The fourth-order valence-corrected chi connectivity index (χ4v) is 3.06. The molecule has 0 aromatic heterocycles. The number of nitrogens with zero attached hydrogens (tertiary/aromatic N) is 2. The number of piperazine rings is 1. The van der Waals surface area contributed by atoms with Crippen LogP contribution in [0.4, 0.5) is 0 Å². The summed E-state index contributed by atoms with van der Waals surface area (Å²) in [6.45, 7) is 7.46. The number of hydrogen-bond acceptors (Lipinski definition) is 4. The maximum Gasteiger partial charge on any atom is 0.118 e. The van der Waals surface area contributed by atoms with Crippen molar-refractivity contribution in [1.29, 1.82) is 0 Å². The Hall–Kier alpha value is -1.10. The van der Waals surface area contributed by atoms with Crippen LogP contribution < -0.4 is 4.74 Å². The molecule has 0 bridgehead atoms. The molecule has 118 valence electrons. The Morgan fingerprint density at radius 2 is 1.95 bits per heavy atom. The molecule has 1 aromatic carbocycles. The lowest BCUT2D eigenvalue weighted by atomic mass is 10.00. The van der Waals surface area contributed by atoms with E-state index in [0.717, 1.165) is 37.4 Å². The molecule has 0 spiro atoms. The Balaban J connectivity index is 2.02. The smallest absolute Gasteiger partial charge is 0.118 e. The summed E-state index contributed by atoms with van der Waals surface area (Å²) in [5, 5.41) is 10.6. The highest BCUT2D eigenvalue weighted by Crippen LogP contribution is 2.25. The lowest BCUT2D eigenvalue weighted by Gasteiger charge is -2.43. The summed E-state index contributed by atoms with van der Waals surface area (Å²) < 4.78 is 5.17. The Bertz CT molecular complexity index is 435. The second-order valence-electron chi connectivity index (χ2n) is 6.00. The molecule has 0 radical (unpaired) electrons. The van der Waals surface area contributed by atoms with Gasteiger partial charge in [0.05, 0.1) is 13.2 Å². The van der Waals surface area contributed by atoms with Crippen molar-refractivity contribution in [3.63, 3.8) is 0 Å². The van der Waals surface area contributed by atoms with Gasteiger partial charge in [0.1, 0.15) is 5.75 Å². The zero-order chi connectivity index (χ0) is 15.4. The molecule has 3 unspecified atom stereocenters. The Kier molecular flexibility index (Phi) is 5.62. The highest BCUT2D eigenvalue weighted by molar-refractivity contribution is 5.29. The van der Waals surface area contributed by atoms with Crippen LogP contribution >= 0.6 is 0 Å². The van der Waals surface area contributed by atoms with E-state index in [2.05, 4.69) is 30.7 Å². The molecule has 0 saturated carbocycles. The molecule has 4 heteroatoms. The predicted octanol–water partition coefficient (Wildman–Crippen LogP) is 2.14. The van der Waals surface area contributed by atoms with Crippen molar-refractivity contribution < 1.29 is 9.84 Å². The Morgan fingerprint density at radius 1 is 1.29 bits per heavy atom. The third kappa shape index (κ3) is 3.76. The van der Waals surface area contributed by atoms with Gasteiger partial charge in [0.25, 0.3) is 0 Å². The van der Waals surface area contributed by atoms with Crippen LogP contribution in [-0.2, 0) is 0 Å². The van der Waals surface area contributed by atoms with Gasteiger partial charge in [-0.3, -0.25) is 4.90 Å². The molecule has 1 aliphatic rings. The monoisotopic (exact) mass is 292 g/mol. The minimum atomic E-state index is -0.461. The van der Waals surface area contributed by atoms with Gasteiger partial charge >= 0.3 is 0 Å². The second kappa shape index (κ2) is 7.25. The minimum absolute atomic E-state index is 0.126. The van der Waals surface area contributed by atoms with Crippen LogP contribution in [-0.4, -0.2) is 60.8 Å². The predicted molar refractivity (Wildman–Crippen MR) is 85.7 cm³/mol. The maximum atomic E-state index is 10.6. The van der Waals surface area contributed by atoms with Crippen LogP contribution in [0, 0.1) is 0 Å². The standard InChI is InChI=1S/C17H28N2O2/c1-5-15-12-19(11-10-18(15)3)13(2)17(20)14-6-8-16(21-4)9-7-14/h6-9,13,15,17,20H,5,10-12H2,1-4H3. The molecule has 1 N–H and O–H groups in total. The van der Waals surface area contributed by atoms with Crippen molar-refractivity contribution in [2.45, 2.75) is 38.5 Å². The summed E-state index contributed by atoms with van der Waals surface area (Å²) in [7, 11) is 3.85. The van der Waals surface area contributed by atoms with Gasteiger partial charge in [-0.15, -0.1) is 0 Å². The first-order valence-corrected chi connectivity index (χ1v) is 7.83. The number of hydrogen-bond donors (Lipinski definition) is 1. The van der Waals surface area contributed by atoms with E-state index in [1.807, 2.05) is 24.3 Å². The molecule has 0 amide bonds. The summed E-state index contributed by atoms with van der Waals surface area (Å²) in [6, 6.07) is 8.43. The van der Waals surface area contributed by atoms with Crippen LogP contribution in [0.2, 0.25) is 0 Å². The van der Waals surface area contributed by atoms with Crippen LogP contribution in [0.3, 0.4) is 0 Å². The van der Waals surface area contributed by atoms with E-state index in [1.54, 1.807) is 7.11 Å². The first kappa shape index (κ1) is 16.3. The third-order valence-electron chi connectivity index (χ3n) is 4.77. The van der Waals surface area contributed by atoms with E-state index in [9.17, 15) is 5.11 Å². The Labute approximate surface area is 128 Å². The lowest BCUT2D eigenvalue weighted by molar-refractivity contribution is 0.00893. The van der Waals surface area contributed by atoms with E-state index in [0.29, 0.717) is 6.04 Å². The average molecular weight is 292 g/mol. The average Bonchev–Trinajstić information content (AvgIpc) is 2.54. The van der Waals surface area contributed by atoms with E-state index in [-0.39, 0.29) is 6.04 Å². The number of aliphatic hydroxyl groups is 1. The van der Waals surface area contributed by atoms with E-state index in [4.69, 9.17) is 4.74 Å². The van der Waals surface area contributed by atoms with Gasteiger partial charge in [-0.1, -0.05) is 19.1 Å². The van der Waals surface area contributed by atoms with Gasteiger partial charge in [0.2, 0.25) is 0 Å². The molecular formula is C17H28N2O2. The molecule has 0 aliphatic carbocycles. The number of aliphatic hydroxyl groups excluding tert-OH is 1. The van der Waals surface area contributed by atoms with E-state index >= 15 is 0 Å². The van der Waals surface area contributed by atoms with Crippen molar-refractivity contribution in [2.75, 3.05) is 33.8 Å². The molecular weight excluding hydrogens is 264 g/mol. The fourth-order valence-electron chi connectivity index (χ4n) is 3.06. The SMILES string of the molecule is CCC1CN(C(C)C(O)c2ccc(OC)cc2)CCN1C. The van der Waals surface area contributed by atoms with Gasteiger partial charge in [-0.05, 0) is 38.1 Å². The molecule has 1 aromatic rings. The molecule has 4 nitrogen and oxygen atoms in total. The largest absolute Gasteiger partial charge is 0.497 e. The molecule has 2 rings (SSSR count). The summed E-state index contributed by atoms with van der Waals surface area (Å²) >= 11 is 0. The van der Waals surface area contributed by atoms with Gasteiger partial charge in [-0.25, -0.2) is 0 Å². The highest BCUT2D eigenvalue weighted by Gasteiger charge is 2.29. The van der Waals surface area contributed by atoms with E-state index < -0.39 is 6.10 Å². The molecule has 1 heterocycles. The third-order valence-corrected chi connectivity index (χ3v) is 4.77. The maximum absolute atomic E-state index is 10.6. The Morgan fingerprint density at radius 3 is 2.52 bits per heavy atom. The van der Waals surface area contributed by atoms with Gasteiger partial charge in [-0.2, -0.15) is 0 Å². The number of methoxy groups -OCH3 is 1. The van der Waals surface area contributed by atoms with Crippen molar-refractivity contribution in [3.05, 3.63) is 29.8 Å². The van der Waals surface area contributed by atoms with Gasteiger partial charge < -0.3 is 14.7 Å². The van der Waals surface area contributed by atoms with Gasteiger partial charge in [0.15, 0.2) is 0 Å². The van der Waals surface area contributed by atoms with Crippen LogP contribution in [0.1, 0.15) is 31.9 Å². The molecule has 21 heavy (non-hydrogen) atoms. The van der Waals surface area contributed by atoms with Crippen LogP contribution in [0.15, 0.2) is 24.3 Å². The van der Waals surface area contributed by atoms with Gasteiger partial charge in [0, 0.05) is 31.7 Å². The molecule has 1 saturated heterocycles. The zero-order valence-electron chi connectivity index (χ0n) is 13.6. The van der Waals surface area contributed by atoms with Crippen molar-refractivity contribution >= 4 is 0 Å². The highest BCUT2D eigenvalue weighted by atomic mass is 16.5. The first-order chi connectivity index (χ1) is 10.1. The zero-order valence-corrected chi connectivity index (χ0v) is 13.6. The quantitative estimate of drug-likeness (QED) is 0.902. The second-order valence-corrected chi connectivity index (χ2v) is 6.00. The summed E-state index contributed by atoms with van der Waals surface area (Å²) in [6.07, 6.45) is 0.690. The minimum Gasteiger partial charge on any atom is -0.497 e. The molecule has 1 fully saturated rings. The normalized spacial score (nSPS) is 23.8. The number of ether oxygens (including phenoxy) is 1.